The molecule has 0 aromatic heterocycles. The Labute approximate surface area is 110 Å². The maximum Gasteiger partial charge on any atom is 0.128 e. The molecule has 2 rings (SSSR count). The quantitative estimate of drug-likeness (QED) is 0.640. The lowest BCUT2D eigenvalue weighted by atomic mass is 10.0. The van der Waals surface area contributed by atoms with Crippen LogP contribution in [0.3, 0.4) is 0 Å². The summed E-state index contributed by atoms with van der Waals surface area (Å²) >= 11 is 0. The molecule has 1 saturated heterocycles. The van der Waals surface area contributed by atoms with E-state index in [1.807, 2.05) is 0 Å². The minimum Gasteiger partial charge on any atom is -0.354 e. The van der Waals surface area contributed by atoms with Crippen LogP contribution in [0.5, 0.6) is 0 Å². The van der Waals surface area contributed by atoms with Gasteiger partial charge in [0.2, 0.25) is 0 Å². The van der Waals surface area contributed by atoms with E-state index in [-0.39, 0.29) is 0 Å². The van der Waals surface area contributed by atoms with Crippen molar-refractivity contribution in [2.75, 3.05) is 33.2 Å². The smallest absolute Gasteiger partial charge is 0.128 e. The molecule has 0 bridgehead atoms. The van der Waals surface area contributed by atoms with Gasteiger partial charge < -0.3 is 9.80 Å². The molecule has 1 fully saturated rings. The monoisotopic (exact) mass is 245 g/mol. The van der Waals surface area contributed by atoms with Gasteiger partial charge in [0.25, 0.3) is 0 Å². The molecule has 0 atom stereocenters. The Balaban J connectivity index is 2.04. The summed E-state index contributed by atoms with van der Waals surface area (Å²) < 4.78 is 0. The van der Waals surface area contributed by atoms with Crippen molar-refractivity contribution in [3.8, 4) is 0 Å². The van der Waals surface area contributed by atoms with Crippen molar-refractivity contribution >= 4 is 5.84 Å². The highest BCUT2D eigenvalue weighted by Gasteiger charge is 2.17. The van der Waals surface area contributed by atoms with Gasteiger partial charge in [-0.1, -0.05) is 38.1 Å². The summed E-state index contributed by atoms with van der Waals surface area (Å²) in [7, 11) is 2.14. The zero-order chi connectivity index (χ0) is 13.1. The Morgan fingerprint density at radius 3 is 2.11 bits per heavy atom. The standard InChI is InChI=1S/C15H23N3/c1-12(2)13-4-6-14(7-5-13)15(16)18-10-8-17(3)9-11-18/h4-7,12,16H,8-11H2,1-3H3. The highest BCUT2D eigenvalue weighted by molar-refractivity contribution is 5.96. The van der Waals surface area contributed by atoms with E-state index < -0.39 is 0 Å². The average Bonchev–Trinajstić information content (AvgIpc) is 2.39. The number of benzene rings is 1. The van der Waals surface area contributed by atoms with E-state index in [2.05, 4.69) is 55.0 Å². The highest BCUT2D eigenvalue weighted by Crippen LogP contribution is 2.16. The first-order valence-corrected chi connectivity index (χ1v) is 6.70. The number of likely N-dealkylation sites (N-methyl/N-ethyl adjacent to an activating group) is 1. The molecule has 0 radical (unpaired) electrons. The molecule has 0 unspecified atom stereocenters. The fourth-order valence-corrected chi connectivity index (χ4v) is 2.24. The summed E-state index contributed by atoms with van der Waals surface area (Å²) in [5.41, 5.74) is 2.37. The summed E-state index contributed by atoms with van der Waals surface area (Å²) in [6, 6.07) is 8.45. The van der Waals surface area contributed by atoms with E-state index in [0.717, 1.165) is 31.7 Å². The largest absolute Gasteiger partial charge is 0.354 e. The third kappa shape index (κ3) is 2.91. The molecule has 1 aromatic rings. The Kier molecular flexibility index (Phi) is 4.02. The van der Waals surface area contributed by atoms with E-state index in [4.69, 9.17) is 5.41 Å². The van der Waals surface area contributed by atoms with Gasteiger partial charge in [0.05, 0.1) is 0 Å². The SMILES string of the molecule is CC(C)c1ccc(C(=N)N2CCN(C)CC2)cc1. The summed E-state index contributed by atoms with van der Waals surface area (Å²) in [4.78, 5) is 4.48. The molecule has 1 aromatic carbocycles. The lowest BCUT2D eigenvalue weighted by molar-refractivity contribution is 0.215. The van der Waals surface area contributed by atoms with E-state index in [1.54, 1.807) is 0 Å². The molecule has 1 heterocycles. The van der Waals surface area contributed by atoms with Crippen molar-refractivity contribution in [2.24, 2.45) is 0 Å². The molecule has 0 saturated carbocycles. The number of amidine groups is 1. The van der Waals surface area contributed by atoms with Crippen LogP contribution in [0.1, 0.15) is 30.9 Å². The van der Waals surface area contributed by atoms with Crippen LogP contribution in [0.15, 0.2) is 24.3 Å². The van der Waals surface area contributed by atoms with Gasteiger partial charge in [-0.05, 0) is 18.5 Å². The van der Waals surface area contributed by atoms with Crippen LogP contribution in [-0.4, -0.2) is 48.9 Å². The molecule has 3 heteroatoms. The molecule has 1 aliphatic heterocycles. The van der Waals surface area contributed by atoms with Crippen LogP contribution in [-0.2, 0) is 0 Å². The maximum atomic E-state index is 8.28. The van der Waals surface area contributed by atoms with Gasteiger partial charge in [0, 0.05) is 31.7 Å². The number of hydrogen-bond acceptors (Lipinski definition) is 2. The normalized spacial score (nSPS) is 17.2. The Hall–Kier alpha value is -1.35. The Morgan fingerprint density at radius 1 is 1.06 bits per heavy atom. The molecular formula is C15H23N3. The van der Waals surface area contributed by atoms with E-state index >= 15 is 0 Å². The molecule has 1 aliphatic rings. The number of nitrogens with one attached hydrogen (secondary N) is 1. The average molecular weight is 245 g/mol. The zero-order valence-electron chi connectivity index (χ0n) is 11.6. The van der Waals surface area contributed by atoms with Crippen LogP contribution >= 0.6 is 0 Å². The number of hydrogen-bond donors (Lipinski definition) is 1. The summed E-state index contributed by atoms with van der Waals surface area (Å²) in [5, 5.41) is 8.28. The lowest BCUT2D eigenvalue weighted by Crippen LogP contribution is -2.47. The van der Waals surface area contributed by atoms with Crippen molar-refractivity contribution in [3.05, 3.63) is 35.4 Å². The fraction of sp³-hybridized carbons (Fsp3) is 0.533. The zero-order valence-corrected chi connectivity index (χ0v) is 11.6. The van der Waals surface area contributed by atoms with Crippen molar-refractivity contribution in [3.63, 3.8) is 0 Å². The summed E-state index contributed by atoms with van der Waals surface area (Å²) in [6.45, 7) is 8.41. The number of nitrogens with zero attached hydrogens (tertiary/aromatic N) is 2. The number of piperazine rings is 1. The molecular weight excluding hydrogens is 222 g/mol. The minimum absolute atomic E-state index is 0.553. The van der Waals surface area contributed by atoms with Crippen LogP contribution < -0.4 is 0 Å². The van der Waals surface area contributed by atoms with Crippen LogP contribution in [0.2, 0.25) is 0 Å². The Bertz CT molecular complexity index is 400. The van der Waals surface area contributed by atoms with Crippen molar-refractivity contribution < 1.29 is 0 Å². The predicted octanol–water partition coefficient (Wildman–Crippen LogP) is 2.38. The summed E-state index contributed by atoms with van der Waals surface area (Å²) in [6.07, 6.45) is 0. The third-order valence-electron chi connectivity index (χ3n) is 3.67. The van der Waals surface area contributed by atoms with Gasteiger partial charge in [0.1, 0.15) is 5.84 Å². The van der Waals surface area contributed by atoms with E-state index in [0.29, 0.717) is 11.8 Å². The van der Waals surface area contributed by atoms with Crippen molar-refractivity contribution in [1.82, 2.24) is 9.80 Å². The molecule has 98 valence electrons. The molecule has 0 amide bonds. The number of rotatable bonds is 2. The van der Waals surface area contributed by atoms with E-state index in [9.17, 15) is 0 Å². The van der Waals surface area contributed by atoms with Crippen LogP contribution in [0.4, 0.5) is 0 Å². The maximum absolute atomic E-state index is 8.28. The second kappa shape index (κ2) is 5.53. The predicted molar refractivity (Wildman–Crippen MR) is 76.4 cm³/mol. The summed E-state index contributed by atoms with van der Waals surface area (Å²) in [5.74, 6) is 1.22. The van der Waals surface area contributed by atoms with Gasteiger partial charge in [-0.2, -0.15) is 0 Å². The minimum atomic E-state index is 0.553. The molecule has 1 N–H and O–H groups in total. The lowest BCUT2D eigenvalue weighted by Gasteiger charge is -2.34. The second-order valence-electron chi connectivity index (χ2n) is 5.42. The third-order valence-corrected chi connectivity index (χ3v) is 3.67. The van der Waals surface area contributed by atoms with Gasteiger partial charge >= 0.3 is 0 Å². The Morgan fingerprint density at radius 2 is 1.61 bits per heavy atom. The van der Waals surface area contributed by atoms with Crippen LogP contribution in [0.25, 0.3) is 0 Å². The first kappa shape index (κ1) is 13.1. The van der Waals surface area contributed by atoms with Gasteiger partial charge in [-0.3, -0.25) is 5.41 Å². The van der Waals surface area contributed by atoms with Crippen molar-refractivity contribution in [1.29, 1.82) is 5.41 Å². The van der Waals surface area contributed by atoms with Crippen molar-refractivity contribution in [2.45, 2.75) is 19.8 Å². The topological polar surface area (TPSA) is 30.3 Å². The fourth-order valence-electron chi connectivity index (χ4n) is 2.24. The van der Waals surface area contributed by atoms with Gasteiger partial charge in [0.15, 0.2) is 0 Å². The van der Waals surface area contributed by atoms with E-state index in [1.165, 1.54) is 5.56 Å². The molecule has 0 aliphatic carbocycles. The van der Waals surface area contributed by atoms with Gasteiger partial charge in [-0.15, -0.1) is 0 Å². The molecule has 18 heavy (non-hydrogen) atoms. The van der Waals surface area contributed by atoms with Crippen LogP contribution in [0, 0.1) is 5.41 Å². The second-order valence-corrected chi connectivity index (χ2v) is 5.42. The van der Waals surface area contributed by atoms with Gasteiger partial charge in [-0.25, -0.2) is 0 Å². The highest BCUT2D eigenvalue weighted by atomic mass is 15.3. The molecule has 3 nitrogen and oxygen atoms in total. The molecule has 0 spiro atoms. The first-order chi connectivity index (χ1) is 8.58. The first-order valence-electron chi connectivity index (χ1n) is 6.70.